The summed E-state index contributed by atoms with van der Waals surface area (Å²) in [4.78, 5) is 2.72. The maximum Gasteiger partial charge on any atom is 0.0449 e. The van der Waals surface area contributed by atoms with Crippen LogP contribution in [0.1, 0.15) is 63.1 Å². The lowest BCUT2D eigenvalue weighted by Gasteiger charge is -2.28. The fourth-order valence-electron chi connectivity index (χ4n) is 2.86. The van der Waals surface area contributed by atoms with Gasteiger partial charge in [0.1, 0.15) is 0 Å². The Morgan fingerprint density at radius 3 is 2.43 bits per heavy atom. The van der Waals surface area contributed by atoms with Crippen molar-refractivity contribution in [3.63, 3.8) is 0 Å². The van der Waals surface area contributed by atoms with Gasteiger partial charge in [0.25, 0.3) is 0 Å². The van der Waals surface area contributed by atoms with Crippen LogP contribution in [0.4, 0.5) is 0 Å². The van der Waals surface area contributed by atoms with Crippen molar-refractivity contribution < 1.29 is 0 Å². The second kappa shape index (κ2) is 8.55. The largest absolute Gasteiger partial charge is 0.309 e. The molecule has 1 unspecified atom stereocenters. The molecule has 1 aromatic carbocycles. The smallest absolute Gasteiger partial charge is 0.0449 e. The van der Waals surface area contributed by atoms with Crippen molar-refractivity contribution in [2.75, 3.05) is 19.6 Å². The zero-order chi connectivity index (χ0) is 15.1. The number of aryl methyl sites for hydroxylation is 1. The molecule has 1 N–H and O–H groups in total. The summed E-state index contributed by atoms with van der Waals surface area (Å²) < 4.78 is 0. The van der Waals surface area contributed by atoms with Gasteiger partial charge in [-0.15, -0.1) is 0 Å². The fraction of sp³-hybridized carbons (Fsp3) is 0.684. The summed E-state index contributed by atoms with van der Waals surface area (Å²) in [6.07, 6.45) is 6.61. The van der Waals surface area contributed by atoms with Gasteiger partial charge in [0.05, 0.1) is 0 Å². The number of nitrogens with one attached hydrogen (secondary N) is 1. The summed E-state index contributed by atoms with van der Waals surface area (Å²) >= 11 is 0. The van der Waals surface area contributed by atoms with E-state index in [2.05, 4.69) is 55.3 Å². The van der Waals surface area contributed by atoms with E-state index in [1.807, 2.05) is 0 Å². The molecule has 0 radical (unpaired) electrons. The maximum atomic E-state index is 3.75. The standard InChI is InChI=1S/C19H32N2/c1-4-6-14-21(18-11-12-18)15-19(20-13-5-2)17-9-7-16(3)8-10-17/h7-10,18-20H,4-6,11-15H2,1-3H3. The summed E-state index contributed by atoms with van der Waals surface area (Å²) in [5.74, 6) is 0. The number of hydrogen-bond donors (Lipinski definition) is 1. The summed E-state index contributed by atoms with van der Waals surface area (Å²) in [7, 11) is 0. The molecule has 0 aromatic heterocycles. The molecular weight excluding hydrogens is 256 g/mol. The molecule has 1 atom stereocenters. The van der Waals surface area contributed by atoms with Crippen LogP contribution in [0.5, 0.6) is 0 Å². The topological polar surface area (TPSA) is 15.3 Å². The molecule has 1 fully saturated rings. The Morgan fingerprint density at radius 1 is 1.14 bits per heavy atom. The van der Waals surface area contributed by atoms with E-state index >= 15 is 0 Å². The minimum Gasteiger partial charge on any atom is -0.309 e. The lowest BCUT2D eigenvalue weighted by atomic mass is 10.0. The molecule has 1 saturated carbocycles. The first-order valence-electron chi connectivity index (χ1n) is 8.78. The van der Waals surface area contributed by atoms with Gasteiger partial charge >= 0.3 is 0 Å². The van der Waals surface area contributed by atoms with Gasteiger partial charge in [0.15, 0.2) is 0 Å². The Bertz CT molecular complexity index is 395. The first kappa shape index (κ1) is 16.5. The molecule has 0 saturated heterocycles. The summed E-state index contributed by atoms with van der Waals surface area (Å²) in [6, 6.07) is 10.4. The van der Waals surface area contributed by atoms with E-state index in [-0.39, 0.29) is 0 Å². The minimum atomic E-state index is 0.475. The van der Waals surface area contributed by atoms with Gasteiger partial charge in [-0.05, 0) is 51.3 Å². The molecule has 0 amide bonds. The summed E-state index contributed by atoms with van der Waals surface area (Å²) in [5, 5.41) is 3.75. The van der Waals surface area contributed by atoms with Crippen LogP contribution in [0.2, 0.25) is 0 Å². The SMILES string of the molecule is CCCCN(CC(NCCC)c1ccc(C)cc1)C1CC1. The Balaban J connectivity index is 2.01. The molecule has 1 aromatic rings. The molecule has 2 heteroatoms. The van der Waals surface area contributed by atoms with Crippen molar-refractivity contribution in [3.05, 3.63) is 35.4 Å². The van der Waals surface area contributed by atoms with Crippen LogP contribution < -0.4 is 5.32 Å². The number of benzene rings is 1. The zero-order valence-corrected chi connectivity index (χ0v) is 14.1. The van der Waals surface area contributed by atoms with Gasteiger partial charge in [-0.1, -0.05) is 50.1 Å². The number of nitrogens with zero attached hydrogens (tertiary/aromatic N) is 1. The zero-order valence-electron chi connectivity index (χ0n) is 14.1. The van der Waals surface area contributed by atoms with Crippen LogP contribution in [0, 0.1) is 6.92 Å². The van der Waals surface area contributed by atoms with Gasteiger partial charge in [0.2, 0.25) is 0 Å². The van der Waals surface area contributed by atoms with Gasteiger partial charge < -0.3 is 5.32 Å². The minimum absolute atomic E-state index is 0.475. The predicted octanol–water partition coefficient (Wildman–Crippen LogP) is 4.30. The fourth-order valence-corrected chi connectivity index (χ4v) is 2.86. The molecular formula is C19H32N2. The van der Waals surface area contributed by atoms with Gasteiger partial charge in [-0.2, -0.15) is 0 Å². The van der Waals surface area contributed by atoms with Gasteiger partial charge in [0, 0.05) is 18.6 Å². The van der Waals surface area contributed by atoms with Crippen LogP contribution in [0.25, 0.3) is 0 Å². The Labute approximate surface area is 130 Å². The highest BCUT2D eigenvalue weighted by Crippen LogP contribution is 2.29. The molecule has 2 rings (SSSR count). The molecule has 118 valence electrons. The van der Waals surface area contributed by atoms with E-state index in [1.54, 1.807) is 0 Å². The van der Waals surface area contributed by atoms with Crippen molar-refractivity contribution in [1.29, 1.82) is 0 Å². The van der Waals surface area contributed by atoms with E-state index < -0.39 is 0 Å². The Morgan fingerprint density at radius 2 is 1.86 bits per heavy atom. The Kier molecular flexibility index (Phi) is 6.72. The molecule has 0 spiro atoms. The number of unbranched alkanes of at least 4 members (excludes halogenated alkanes) is 1. The lowest BCUT2D eigenvalue weighted by molar-refractivity contribution is 0.229. The van der Waals surface area contributed by atoms with E-state index in [4.69, 9.17) is 0 Å². The highest BCUT2D eigenvalue weighted by atomic mass is 15.2. The maximum absolute atomic E-state index is 3.75. The molecule has 0 aliphatic heterocycles. The summed E-state index contributed by atoms with van der Waals surface area (Å²) in [6.45, 7) is 10.2. The average Bonchev–Trinajstić information content (AvgIpc) is 3.32. The van der Waals surface area contributed by atoms with Crippen molar-refractivity contribution >= 4 is 0 Å². The molecule has 0 heterocycles. The van der Waals surface area contributed by atoms with Crippen molar-refractivity contribution in [2.45, 2.75) is 65.0 Å². The highest BCUT2D eigenvalue weighted by Gasteiger charge is 2.30. The van der Waals surface area contributed by atoms with Gasteiger partial charge in [-0.3, -0.25) is 4.90 Å². The van der Waals surface area contributed by atoms with E-state index in [0.29, 0.717) is 6.04 Å². The van der Waals surface area contributed by atoms with Crippen LogP contribution in [-0.4, -0.2) is 30.6 Å². The summed E-state index contributed by atoms with van der Waals surface area (Å²) in [5.41, 5.74) is 2.79. The van der Waals surface area contributed by atoms with E-state index in [0.717, 1.165) is 19.1 Å². The molecule has 1 aliphatic rings. The molecule has 0 bridgehead atoms. The average molecular weight is 288 g/mol. The third kappa shape index (κ3) is 5.44. The monoisotopic (exact) mass is 288 g/mol. The van der Waals surface area contributed by atoms with Crippen LogP contribution in [-0.2, 0) is 0 Å². The second-order valence-corrected chi connectivity index (χ2v) is 6.50. The lowest BCUT2D eigenvalue weighted by Crippen LogP contribution is -2.37. The van der Waals surface area contributed by atoms with Crippen molar-refractivity contribution in [2.24, 2.45) is 0 Å². The predicted molar refractivity (Wildman–Crippen MR) is 91.7 cm³/mol. The van der Waals surface area contributed by atoms with E-state index in [1.165, 1.54) is 49.8 Å². The second-order valence-electron chi connectivity index (χ2n) is 6.50. The number of hydrogen-bond acceptors (Lipinski definition) is 2. The Hall–Kier alpha value is -0.860. The van der Waals surface area contributed by atoms with Crippen molar-refractivity contribution in [1.82, 2.24) is 10.2 Å². The first-order chi connectivity index (χ1) is 10.2. The van der Waals surface area contributed by atoms with Crippen LogP contribution >= 0.6 is 0 Å². The van der Waals surface area contributed by atoms with E-state index in [9.17, 15) is 0 Å². The number of rotatable bonds is 10. The van der Waals surface area contributed by atoms with Crippen LogP contribution in [0.3, 0.4) is 0 Å². The quantitative estimate of drug-likeness (QED) is 0.690. The van der Waals surface area contributed by atoms with Crippen molar-refractivity contribution in [3.8, 4) is 0 Å². The normalized spacial score (nSPS) is 16.4. The molecule has 21 heavy (non-hydrogen) atoms. The third-order valence-electron chi connectivity index (χ3n) is 4.40. The first-order valence-corrected chi connectivity index (χ1v) is 8.78. The molecule has 2 nitrogen and oxygen atoms in total. The highest BCUT2D eigenvalue weighted by molar-refractivity contribution is 5.24. The molecule has 1 aliphatic carbocycles. The van der Waals surface area contributed by atoms with Crippen LogP contribution in [0.15, 0.2) is 24.3 Å². The third-order valence-corrected chi connectivity index (χ3v) is 4.40. The van der Waals surface area contributed by atoms with Gasteiger partial charge in [-0.25, -0.2) is 0 Å².